The van der Waals surface area contributed by atoms with E-state index in [-0.39, 0.29) is 6.42 Å². The largest absolute Gasteiger partial charge is 0.476 e. The first-order valence-electron chi connectivity index (χ1n) is 3.27. The van der Waals surface area contributed by atoms with Gasteiger partial charge >= 0.3 is 12.0 Å². The molecule has 0 fully saturated rings. The molecule has 0 aromatic rings. The van der Waals surface area contributed by atoms with Crippen LogP contribution < -0.4 is 0 Å². The molecule has 0 saturated heterocycles. The number of carboxylic acids is 1. The summed E-state index contributed by atoms with van der Waals surface area (Å²) in [5.74, 6) is -1.37. The Morgan fingerprint density at radius 2 is 1.77 bits per heavy atom. The van der Waals surface area contributed by atoms with Gasteiger partial charge in [0, 0.05) is 16.3 Å². The van der Waals surface area contributed by atoms with Crippen LogP contribution in [-0.2, 0) is 4.79 Å². The molecule has 1 unspecified atom stereocenters. The van der Waals surface area contributed by atoms with E-state index >= 15 is 0 Å². The zero-order chi connectivity index (χ0) is 11.0. The Morgan fingerprint density at radius 3 is 1.77 bits per heavy atom. The summed E-state index contributed by atoms with van der Waals surface area (Å²) in [6.07, 6.45) is 0.0301. The van der Waals surface area contributed by atoms with E-state index in [2.05, 4.69) is 0 Å². The van der Waals surface area contributed by atoms with Crippen molar-refractivity contribution in [3.05, 3.63) is 20.2 Å². The highest BCUT2D eigenvalue weighted by Crippen LogP contribution is 1.94. The molecule has 13 heavy (non-hydrogen) atoms. The lowest BCUT2D eigenvalue weighted by molar-refractivity contribution is -0.510. The van der Waals surface area contributed by atoms with Gasteiger partial charge in [0.15, 0.2) is 7.05 Å². The molecule has 0 radical (unpaired) electrons. The first-order valence-corrected chi connectivity index (χ1v) is 3.27. The van der Waals surface area contributed by atoms with Gasteiger partial charge in [-0.1, -0.05) is 6.92 Å². The Labute approximate surface area is 73.5 Å². The molecule has 0 bridgehead atoms. The van der Waals surface area contributed by atoms with Crippen LogP contribution in [-0.4, -0.2) is 34.0 Å². The highest BCUT2D eigenvalue weighted by molar-refractivity contribution is 5.71. The Kier molecular flexibility index (Phi) is 7.39. The van der Waals surface area contributed by atoms with Gasteiger partial charge in [-0.2, -0.15) is 0 Å². The van der Waals surface area contributed by atoms with Crippen molar-refractivity contribution >= 4 is 5.97 Å². The smallest absolute Gasteiger partial charge is 0.379 e. The first-order chi connectivity index (χ1) is 5.82. The minimum atomic E-state index is -1.44. The Bertz CT molecular complexity index is 185. The second-order valence-corrected chi connectivity index (χ2v) is 1.99. The molecule has 1 atom stereocenters. The van der Waals surface area contributed by atoms with Gasteiger partial charge in [-0.3, -0.25) is 20.2 Å². The summed E-state index contributed by atoms with van der Waals surface area (Å²) in [5.41, 5.74) is 0. The molecule has 0 spiro atoms. The Hall–Kier alpha value is -1.73. The van der Waals surface area contributed by atoms with E-state index in [4.69, 9.17) is 15.2 Å². The number of nitro groups is 2. The summed E-state index contributed by atoms with van der Waals surface area (Å²) in [5, 5.41) is 26.7. The van der Waals surface area contributed by atoms with Crippen LogP contribution in [0.25, 0.3) is 0 Å². The lowest BCUT2D eigenvalue weighted by Gasteiger charge is -1.97. The van der Waals surface area contributed by atoms with Gasteiger partial charge < -0.3 is 5.11 Å². The molecular weight excluding hydrogens is 184 g/mol. The van der Waals surface area contributed by atoms with E-state index in [9.17, 15) is 14.9 Å². The second-order valence-electron chi connectivity index (χ2n) is 1.99. The maximum atomic E-state index is 9.93. The van der Waals surface area contributed by atoms with Gasteiger partial charge in [0.1, 0.15) is 0 Å². The number of carbonyl (C=O) groups is 1. The van der Waals surface area contributed by atoms with Gasteiger partial charge in [0.25, 0.3) is 0 Å². The molecule has 0 saturated carbocycles. The zero-order valence-corrected chi connectivity index (χ0v) is 7.17. The van der Waals surface area contributed by atoms with E-state index in [1.54, 1.807) is 0 Å². The molecule has 0 aliphatic carbocycles. The first kappa shape index (κ1) is 13.8. The quantitative estimate of drug-likeness (QED) is 0.498. The van der Waals surface area contributed by atoms with Gasteiger partial charge in [-0.05, 0) is 0 Å². The van der Waals surface area contributed by atoms with E-state index in [0.717, 1.165) is 7.05 Å². The third-order valence-electron chi connectivity index (χ3n) is 0.926. The molecule has 8 heteroatoms. The summed E-state index contributed by atoms with van der Waals surface area (Å²) in [7, 11) is 0.889. The molecule has 0 amide bonds. The van der Waals surface area contributed by atoms with E-state index < -0.39 is 21.9 Å². The lowest BCUT2D eigenvalue weighted by atomic mass is 10.2. The summed E-state index contributed by atoms with van der Waals surface area (Å²) in [4.78, 5) is 27.2. The Morgan fingerprint density at radius 1 is 1.46 bits per heavy atom. The molecule has 0 heterocycles. The van der Waals surface area contributed by atoms with Crippen LogP contribution >= 0.6 is 0 Å². The predicted octanol–water partition coefficient (Wildman–Crippen LogP) is 0.0192. The molecule has 0 aliphatic heterocycles. The number of carboxylic acid groups (broad SMARTS) is 1. The van der Waals surface area contributed by atoms with Crippen LogP contribution in [0.1, 0.15) is 13.3 Å². The molecular formula is C5H10N2O6. The van der Waals surface area contributed by atoms with Crippen LogP contribution in [0.5, 0.6) is 0 Å². The fourth-order valence-corrected chi connectivity index (χ4v) is 0.414. The van der Waals surface area contributed by atoms with Gasteiger partial charge in [-0.15, -0.1) is 0 Å². The van der Waals surface area contributed by atoms with Crippen molar-refractivity contribution in [2.24, 2.45) is 0 Å². The van der Waals surface area contributed by atoms with Gasteiger partial charge in [0.2, 0.25) is 0 Å². The van der Waals surface area contributed by atoms with Crippen molar-refractivity contribution in [3.63, 3.8) is 0 Å². The fraction of sp³-hybridized carbons (Fsp3) is 0.800. The topological polar surface area (TPSA) is 124 Å². The number of aliphatic carboxylic acids is 1. The normalized spacial score (nSPS) is 10.6. The summed E-state index contributed by atoms with van der Waals surface area (Å²) in [6, 6.07) is -1.44. The fourth-order valence-electron chi connectivity index (χ4n) is 0.414. The second kappa shape index (κ2) is 6.95. The molecule has 8 nitrogen and oxygen atoms in total. The van der Waals surface area contributed by atoms with E-state index in [1.165, 1.54) is 6.92 Å². The minimum absolute atomic E-state index is 0.0301. The van der Waals surface area contributed by atoms with Gasteiger partial charge in [0.05, 0.1) is 0 Å². The molecule has 0 aromatic carbocycles. The van der Waals surface area contributed by atoms with Crippen LogP contribution in [0.2, 0.25) is 0 Å². The molecule has 0 rings (SSSR count). The average molecular weight is 194 g/mol. The molecule has 0 aromatic heterocycles. The standard InChI is InChI=1S/C4H7NO4.CH3NO2/c1-2-3(4(6)7)5(8)9;1-2(3)4/h3H,2H2,1H3,(H,6,7);1H3. The maximum Gasteiger partial charge on any atom is 0.379 e. The summed E-state index contributed by atoms with van der Waals surface area (Å²) < 4.78 is 0. The molecule has 1 N–H and O–H groups in total. The zero-order valence-electron chi connectivity index (χ0n) is 7.17. The summed E-state index contributed by atoms with van der Waals surface area (Å²) in [6.45, 7) is 1.46. The highest BCUT2D eigenvalue weighted by atomic mass is 16.6. The minimum Gasteiger partial charge on any atom is -0.476 e. The number of rotatable bonds is 3. The number of hydrogen-bond acceptors (Lipinski definition) is 5. The van der Waals surface area contributed by atoms with E-state index in [1.807, 2.05) is 0 Å². The van der Waals surface area contributed by atoms with E-state index in [0.29, 0.717) is 0 Å². The van der Waals surface area contributed by atoms with Gasteiger partial charge in [-0.25, -0.2) is 4.79 Å². The van der Waals surface area contributed by atoms with Crippen molar-refractivity contribution in [1.29, 1.82) is 0 Å². The van der Waals surface area contributed by atoms with Crippen molar-refractivity contribution < 1.29 is 19.7 Å². The number of hydrogen-bond donors (Lipinski definition) is 1. The van der Waals surface area contributed by atoms with Crippen LogP contribution in [0, 0.1) is 20.2 Å². The van der Waals surface area contributed by atoms with Crippen molar-refractivity contribution in [2.75, 3.05) is 7.05 Å². The van der Waals surface area contributed by atoms with Crippen LogP contribution in [0.15, 0.2) is 0 Å². The highest BCUT2D eigenvalue weighted by Gasteiger charge is 2.25. The lowest BCUT2D eigenvalue weighted by Crippen LogP contribution is -2.27. The average Bonchev–Trinajstić information content (AvgIpc) is 1.84. The monoisotopic (exact) mass is 194 g/mol. The number of nitrogens with zero attached hydrogens (tertiary/aromatic N) is 2. The Balaban J connectivity index is 0. The third-order valence-corrected chi connectivity index (χ3v) is 0.926. The third kappa shape index (κ3) is 10.3. The molecule has 76 valence electrons. The SMILES string of the molecule is CCC(C(=O)O)[N+](=O)[O-].C[N+](=O)[O-]. The predicted molar refractivity (Wildman–Crippen MR) is 41.6 cm³/mol. The van der Waals surface area contributed by atoms with Crippen molar-refractivity contribution in [1.82, 2.24) is 0 Å². The summed E-state index contributed by atoms with van der Waals surface area (Å²) >= 11 is 0. The molecule has 0 aliphatic rings. The van der Waals surface area contributed by atoms with Crippen LogP contribution in [0.3, 0.4) is 0 Å². The van der Waals surface area contributed by atoms with Crippen LogP contribution in [0.4, 0.5) is 0 Å². The maximum absolute atomic E-state index is 9.93. The van der Waals surface area contributed by atoms with Crippen molar-refractivity contribution in [2.45, 2.75) is 19.4 Å². The van der Waals surface area contributed by atoms with Crippen molar-refractivity contribution in [3.8, 4) is 0 Å².